The summed E-state index contributed by atoms with van der Waals surface area (Å²) < 4.78 is 5.14. The van der Waals surface area contributed by atoms with E-state index in [0.717, 1.165) is 5.56 Å². The van der Waals surface area contributed by atoms with E-state index in [1.54, 1.807) is 6.26 Å². The molecule has 0 saturated heterocycles. The number of hydrogen-bond donors (Lipinski definition) is 0. The van der Waals surface area contributed by atoms with E-state index < -0.39 is 0 Å². The Hall–Kier alpha value is -1.57. The second kappa shape index (κ2) is 3.44. The molecule has 66 valence electrons. The molecule has 0 bridgehead atoms. The molecule has 2 rings (SSSR count). The van der Waals surface area contributed by atoms with Gasteiger partial charge in [-0.2, -0.15) is 0 Å². The predicted octanol–water partition coefficient (Wildman–Crippen LogP) is 2.17. The van der Waals surface area contributed by atoms with Gasteiger partial charge in [0.25, 0.3) is 0 Å². The highest BCUT2D eigenvalue weighted by molar-refractivity contribution is 5.99. The maximum atomic E-state index is 11.7. The first kappa shape index (κ1) is 8.05. The molecule has 0 aromatic heterocycles. The van der Waals surface area contributed by atoms with Crippen molar-refractivity contribution in [2.24, 2.45) is 0 Å². The fraction of sp³-hybridized carbons (Fsp3) is 0.182. The lowest BCUT2D eigenvalue weighted by Crippen LogP contribution is -2.19. The van der Waals surface area contributed by atoms with Crippen LogP contribution in [0.25, 0.3) is 0 Å². The maximum absolute atomic E-state index is 11.7. The van der Waals surface area contributed by atoms with Crippen LogP contribution in [0.15, 0.2) is 42.7 Å². The molecule has 1 unspecified atom stereocenters. The SMILES string of the molecule is O=C(c1ccccc1)C1CC=CO1. The lowest BCUT2D eigenvalue weighted by Gasteiger charge is -2.08. The van der Waals surface area contributed by atoms with Gasteiger partial charge in [-0.1, -0.05) is 30.3 Å². The topological polar surface area (TPSA) is 26.3 Å². The third kappa shape index (κ3) is 1.61. The smallest absolute Gasteiger partial charge is 0.203 e. The molecule has 0 radical (unpaired) electrons. The predicted molar refractivity (Wildman–Crippen MR) is 49.4 cm³/mol. The number of carbonyl (C=O) groups excluding carboxylic acids is 1. The van der Waals surface area contributed by atoms with Gasteiger partial charge in [-0.15, -0.1) is 0 Å². The summed E-state index contributed by atoms with van der Waals surface area (Å²) in [5, 5.41) is 0. The fourth-order valence-corrected chi connectivity index (χ4v) is 1.34. The highest BCUT2D eigenvalue weighted by Crippen LogP contribution is 2.14. The maximum Gasteiger partial charge on any atom is 0.203 e. The Morgan fingerprint density at radius 1 is 1.31 bits per heavy atom. The summed E-state index contributed by atoms with van der Waals surface area (Å²) in [4.78, 5) is 11.7. The summed E-state index contributed by atoms with van der Waals surface area (Å²) in [6, 6.07) is 9.23. The molecule has 0 fully saturated rings. The first-order valence-electron chi connectivity index (χ1n) is 4.27. The summed E-state index contributed by atoms with van der Waals surface area (Å²) in [7, 11) is 0. The number of ether oxygens (including phenoxy) is 1. The van der Waals surface area contributed by atoms with Crippen LogP contribution >= 0.6 is 0 Å². The Labute approximate surface area is 76.8 Å². The van der Waals surface area contributed by atoms with Crippen LogP contribution in [-0.2, 0) is 4.74 Å². The Morgan fingerprint density at radius 2 is 2.08 bits per heavy atom. The first-order chi connectivity index (χ1) is 6.38. The van der Waals surface area contributed by atoms with E-state index in [1.807, 2.05) is 36.4 Å². The quantitative estimate of drug-likeness (QED) is 0.642. The minimum Gasteiger partial charge on any atom is -0.490 e. The van der Waals surface area contributed by atoms with E-state index in [1.165, 1.54) is 0 Å². The number of carbonyl (C=O) groups is 1. The zero-order chi connectivity index (χ0) is 9.10. The molecule has 0 saturated carbocycles. The summed E-state index contributed by atoms with van der Waals surface area (Å²) in [6.07, 6.45) is 3.84. The number of Topliss-reactive ketones (excluding diaryl/α,β-unsaturated/α-hetero) is 1. The molecule has 1 aliphatic rings. The standard InChI is InChI=1S/C11H10O2/c12-11(10-7-4-8-13-10)9-5-2-1-3-6-9/h1-6,8,10H,7H2. The van der Waals surface area contributed by atoms with Gasteiger partial charge in [0.15, 0.2) is 6.10 Å². The highest BCUT2D eigenvalue weighted by Gasteiger charge is 2.21. The molecular formula is C11H10O2. The molecule has 2 heteroatoms. The van der Waals surface area contributed by atoms with E-state index in [0.29, 0.717) is 6.42 Å². The van der Waals surface area contributed by atoms with Crippen molar-refractivity contribution in [3.05, 3.63) is 48.2 Å². The van der Waals surface area contributed by atoms with Gasteiger partial charge in [0.2, 0.25) is 5.78 Å². The Kier molecular flexibility index (Phi) is 2.13. The molecule has 0 spiro atoms. The molecule has 1 aromatic rings. The van der Waals surface area contributed by atoms with Crippen molar-refractivity contribution >= 4 is 5.78 Å². The molecule has 2 nitrogen and oxygen atoms in total. The minimum absolute atomic E-state index is 0.0607. The average Bonchev–Trinajstić information content (AvgIpc) is 2.71. The number of benzene rings is 1. The van der Waals surface area contributed by atoms with Crippen molar-refractivity contribution in [1.82, 2.24) is 0 Å². The van der Waals surface area contributed by atoms with Gasteiger partial charge in [0.1, 0.15) is 0 Å². The van der Waals surface area contributed by atoms with Gasteiger partial charge >= 0.3 is 0 Å². The molecule has 1 heterocycles. The van der Waals surface area contributed by atoms with Crippen molar-refractivity contribution in [3.63, 3.8) is 0 Å². The molecule has 0 N–H and O–H groups in total. The Balaban J connectivity index is 2.14. The average molecular weight is 174 g/mol. The Bertz CT molecular complexity index is 319. The largest absolute Gasteiger partial charge is 0.490 e. The second-order valence-corrected chi connectivity index (χ2v) is 2.96. The van der Waals surface area contributed by atoms with Crippen LogP contribution in [0.1, 0.15) is 16.8 Å². The molecular weight excluding hydrogens is 164 g/mol. The van der Waals surface area contributed by atoms with E-state index in [9.17, 15) is 4.79 Å². The molecule has 1 aromatic carbocycles. The third-order valence-corrected chi connectivity index (χ3v) is 2.04. The van der Waals surface area contributed by atoms with Crippen molar-refractivity contribution in [1.29, 1.82) is 0 Å². The summed E-state index contributed by atoms with van der Waals surface area (Å²) >= 11 is 0. The van der Waals surface area contributed by atoms with E-state index >= 15 is 0 Å². The third-order valence-electron chi connectivity index (χ3n) is 2.04. The highest BCUT2D eigenvalue weighted by atomic mass is 16.5. The lowest BCUT2D eigenvalue weighted by atomic mass is 10.1. The lowest BCUT2D eigenvalue weighted by molar-refractivity contribution is 0.0753. The van der Waals surface area contributed by atoms with Crippen LogP contribution in [0, 0.1) is 0 Å². The van der Waals surface area contributed by atoms with Crippen LogP contribution < -0.4 is 0 Å². The van der Waals surface area contributed by atoms with E-state index in [2.05, 4.69) is 0 Å². The van der Waals surface area contributed by atoms with Crippen molar-refractivity contribution < 1.29 is 9.53 Å². The fourth-order valence-electron chi connectivity index (χ4n) is 1.34. The monoisotopic (exact) mass is 174 g/mol. The zero-order valence-electron chi connectivity index (χ0n) is 7.14. The van der Waals surface area contributed by atoms with Gasteiger partial charge in [-0.3, -0.25) is 4.79 Å². The molecule has 0 aliphatic carbocycles. The van der Waals surface area contributed by atoms with Gasteiger partial charge in [-0.25, -0.2) is 0 Å². The molecule has 1 aliphatic heterocycles. The minimum atomic E-state index is -0.303. The Morgan fingerprint density at radius 3 is 2.69 bits per heavy atom. The van der Waals surface area contributed by atoms with Gasteiger partial charge in [0, 0.05) is 12.0 Å². The van der Waals surface area contributed by atoms with Crippen molar-refractivity contribution in [3.8, 4) is 0 Å². The summed E-state index contributed by atoms with van der Waals surface area (Å²) in [5.74, 6) is 0.0607. The number of rotatable bonds is 2. The van der Waals surface area contributed by atoms with Crippen LogP contribution in [0.3, 0.4) is 0 Å². The summed E-state index contributed by atoms with van der Waals surface area (Å²) in [5.41, 5.74) is 0.719. The normalized spacial score (nSPS) is 19.8. The number of ketones is 1. The van der Waals surface area contributed by atoms with Crippen LogP contribution in [0.4, 0.5) is 0 Å². The molecule has 13 heavy (non-hydrogen) atoms. The van der Waals surface area contributed by atoms with E-state index in [-0.39, 0.29) is 11.9 Å². The second-order valence-electron chi connectivity index (χ2n) is 2.96. The van der Waals surface area contributed by atoms with Gasteiger partial charge < -0.3 is 4.74 Å². The molecule has 1 atom stereocenters. The van der Waals surface area contributed by atoms with Gasteiger partial charge in [0.05, 0.1) is 6.26 Å². The van der Waals surface area contributed by atoms with Gasteiger partial charge in [-0.05, 0) is 6.08 Å². The van der Waals surface area contributed by atoms with Crippen LogP contribution in [-0.4, -0.2) is 11.9 Å². The summed E-state index contributed by atoms with van der Waals surface area (Å²) in [6.45, 7) is 0. The van der Waals surface area contributed by atoms with Crippen LogP contribution in [0.2, 0.25) is 0 Å². The van der Waals surface area contributed by atoms with Crippen molar-refractivity contribution in [2.75, 3.05) is 0 Å². The van der Waals surface area contributed by atoms with E-state index in [4.69, 9.17) is 4.74 Å². The number of hydrogen-bond acceptors (Lipinski definition) is 2. The molecule has 0 amide bonds. The van der Waals surface area contributed by atoms with Crippen LogP contribution in [0.5, 0.6) is 0 Å². The van der Waals surface area contributed by atoms with Crippen molar-refractivity contribution in [2.45, 2.75) is 12.5 Å². The first-order valence-corrected chi connectivity index (χ1v) is 4.27. The zero-order valence-corrected chi connectivity index (χ0v) is 7.14.